The highest BCUT2D eigenvalue weighted by Crippen LogP contribution is 2.23. The Balaban J connectivity index is 2.08. The van der Waals surface area contributed by atoms with E-state index in [1.165, 1.54) is 6.07 Å². The summed E-state index contributed by atoms with van der Waals surface area (Å²) < 4.78 is 31.8. The van der Waals surface area contributed by atoms with Gasteiger partial charge in [0.15, 0.2) is 0 Å². The van der Waals surface area contributed by atoms with Crippen molar-refractivity contribution in [3.05, 3.63) is 28.2 Å². The average Bonchev–Trinajstić information content (AvgIpc) is 2.37. The van der Waals surface area contributed by atoms with E-state index in [1.54, 1.807) is 0 Å². The van der Waals surface area contributed by atoms with Gasteiger partial charge < -0.3 is 15.4 Å². The minimum absolute atomic E-state index is 0.0811. The van der Waals surface area contributed by atoms with E-state index in [0.29, 0.717) is 25.8 Å². The summed E-state index contributed by atoms with van der Waals surface area (Å²) in [4.78, 5) is 11.8. The van der Waals surface area contributed by atoms with Crippen molar-refractivity contribution in [1.29, 1.82) is 0 Å². The van der Waals surface area contributed by atoms with E-state index < -0.39 is 23.6 Å². The van der Waals surface area contributed by atoms with Crippen molar-refractivity contribution >= 4 is 27.5 Å². The maximum Gasteiger partial charge on any atom is 0.254 e. The van der Waals surface area contributed by atoms with Crippen LogP contribution in [0.25, 0.3) is 0 Å². The van der Waals surface area contributed by atoms with E-state index in [4.69, 9.17) is 4.74 Å². The molecule has 18 heavy (non-hydrogen) atoms. The molecule has 0 spiro atoms. The second-order valence-corrected chi connectivity index (χ2v) is 4.65. The standard InChI is InChI=1S/C11H11BrF2N2O2/c12-6-3-9(8(14)4-7(6)13)16-11(17)10-5-15-1-2-18-10/h3-4,10,15H,1-2,5H2,(H,16,17). The van der Waals surface area contributed by atoms with Gasteiger partial charge in [0.1, 0.15) is 17.7 Å². The molecule has 1 aromatic rings. The van der Waals surface area contributed by atoms with Gasteiger partial charge in [0.25, 0.3) is 5.91 Å². The van der Waals surface area contributed by atoms with Gasteiger partial charge in [-0.2, -0.15) is 0 Å². The van der Waals surface area contributed by atoms with Crippen LogP contribution in [0.3, 0.4) is 0 Å². The SMILES string of the molecule is O=C(Nc1cc(Br)c(F)cc1F)C1CNCCO1. The number of carbonyl (C=O) groups is 1. The van der Waals surface area contributed by atoms with Crippen LogP contribution in [0, 0.1) is 11.6 Å². The minimum Gasteiger partial charge on any atom is -0.366 e. The van der Waals surface area contributed by atoms with Crippen LogP contribution in [0.2, 0.25) is 0 Å². The van der Waals surface area contributed by atoms with E-state index in [1.807, 2.05) is 0 Å². The summed E-state index contributed by atoms with van der Waals surface area (Å²) in [6.07, 6.45) is -0.665. The summed E-state index contributed by atoms with van der Waals surface area (Å²) in [7, 11) is 0. The molecule has 0 saturated carbocycles. The summed E-state index contributed by atoms with van der Waals surface area (Å²) in [6.45, 7) is 1.48. The number of anilines is 1. The van der Waals surface area contributed by atoms with Crippen LogP contribution in [-0.4, -0.2) is 31.7 Å². The highest BCUT2D eigenvalue weighted by molar-refractivity contribution is 9.10. The smallest absolute Gasteiger partial charge is 0.254 e. The normalized spacial score (nSPS) is 19.6. The first kappa shape index (κ1) is 13.4. The summed E-state index contributed by atoms with van der Waals surface area (Å²) in [6, 6.07) is 1.89. The Kier molecular flexibility index (Phi) is 4.26. The molecule has 7 heteroatoms. The number of rotatable bonds is 2. The fourth-order valence-corrected chi connectivity index (χ4v) is 1.91. The summed E-state index contributed by atoms with van der Waals surface area (Å²) in [5.74, 6) is -2.01. The summed E-state index contributed by atoms with van der Waals surface area (Å²) in [5.41, 5.74) is -0.0811. The molecule has 0 aliphatic carbocycles. The third-order valence-electron chi connectivity index (χ3n) is 2.49. The third-order valence-corrected chi connectivity index (χ3v) is 3.10. The maximum atomic E-state index is 13.4. The number of ether oxygens (including phenoxy) is 1. The Morgan fingerprint density at radius 1 is 1.44 bits per heavy atom. The van der Waals surface area contributed by atoms with Crippen LogP contribution in [0.1, 0.15) is 0 Å². The van der Waals surface area contributed by atoms with Crippen LogP contribution >= 0.6 is 15.9 Å². The zero-order valence-corrected chi connectivity index (χ0v) is 10.9. The second-order valence-electron chi connectivity index (χ2n) is 3.80. The van der Waals surface area contributed by atoms with Crippen molar-refractivity contribution < 1.29 is 18.3 Å². The minimum atomic E-state index is -0.826. The monoisotopic (exact) mass is 320 g/mol. The van der Waals surface area contributed by atoms with Crippen LogP contribution in [0.4, 0.5) is 14.5 Å². The summed E-state index contributed by atoms with van der Waals surface area (Å²) in [5, 5.41) is 5.36. The fraction of sp³-hybridized carbons (Fsp3) is 0.364. The predicted molar refractivity (Wildman–Crippen MR) is 65.3 cm³/mol. The molecule has 1 amide bonds. The molecule has 98 valence electrons. The molecule has 1 aliphatic heterocycles. The number of benzene rings is 1. The quantitative estimate of drug-likeness (QED) is 0.815. The number of nitrogens with one attached hydrogen (secondary N) is 2. The van der Waals surface area contributed by atoms with E-state index in [9.17, 15) is 13.6 Å². The Bertz CT molecular complexity index is 465. The highest BCUT2D eigenvalue weighted by atomic mass is 79.9. The molecule has 2 rings (SSSR count). The van der Waals surface area contributed by atoms with Crippen molar-refractivity contribution in [3.63, 3.8) is 0 Å². The van der Waals surface area contributed by atoms with Crippen LogP contribution in [-0.2, 0) is 9.53 Å². The molecule has 1 fully saturated rings. The van der Waals surface area contributed by atoms with E-state index >= 15 is 0 Å². The largest absolute Gasteiger partial charge is 0.366 e. The number of hydrogen-bond acceptors (Lipinski definition) is 3. The average molecular weight is 321 g/mol. The van der Waals surface area contributed by atoms with Gasteiger partial charge >= 0.3 is 0 Å². The molecule has 1 aromatic carbocycles. The maximum absolute atomic E-state index is 13.4. The van der Waals surface area contributed by atoms with E-state index in [0.717, 1.165) is 0 Å². The zero-order valence-electron chi connectivity index (χ0n) is 9.30. The lowest BCUT2D eigenvalue weighted by Crippen LogP contribution is -2.45. The van der Waals surface area contributed by atoms with Gasteiger partial charge in [-0.3, -0.25) is 4.79 Å². The molecule has 1 atom stereocenters. The van der Waals surface area contributed by atoms with Crippen molar-refractivity contribution in [2.24, 2.45) is 0 Å². The van der Waals surface area contributed by atoms with Gasteiger partial charge in [0.05, 0.1) is 16.8 Å². The second kappa shape index (κ2) is 5.73. The van der Waals surface area contributed by atoms with Crippen LogP contribution < -0.4 is 10.6 Å². The summed E-state index contributed by atoms with van der Waals surface area (Å²) >= 11 is 2.93. The molecule has 2 N–H and O–H groups in total. The van der Waals surface area contributed by atoms with Gasteiger partial charge in [0, 0.05) is 19.2 Å². The van der Waals surface area contributed by atoms with Crippen LogP contribution in [0.5, 0.6) is 0 Å². The Morgan fingerprint density at radius 2 is 2.22 bits per heavy atom. The molecule has 1 unspecified atom stereocenters. The molecular formula is C11H11BrF2N2O2. The van der Waals surface area contributed by atoms with Gasteiger partial charge in [-0.05, 0) is 22.0 Å². The van der Waals surface area contributed by atoms with Gasteiger partial charge in [-0.1, -0.05) is 0 Å². The molecular weight excluding hydrogens is 310 g/mol. The van der Waals surface area contributed by atoms with Crippen molar-refractivity contribution in [1.82, 2.24) is 5.32 Å². The van der Waals surface area contributed by atoms with Gasteiger partial charge in [-0.15, -0.1) is 0 Å². The topological polar surface area (TPSA) is 50.4 Å². The molecule has 0 radical (unpaired) electrons. The lowest BCUT2D eigenvalue weighted by Gasteiger charge is -2.22. The molecule has 1 saturated heterocycles. The Hall–Kier alpha value is -1.05. The number of carbonyl (C=O) groups excluding carboxylic acids is 1. The number of hydrogen-bond donors (Lipinski definition) is 2. The first-order valence-corrected chi connectivity index (χ1v) is 6.15. The van der Waals surface area contributed by atoms with E-state index in [2.05, 4.69) is 26.6 Å². The molecule has 0 aromatic heterocycles. The molecule has 4 nitrogen and oxygen atoms in total. The predicted octanol–water partition coefficient (Wildman–Crippen LogP) is 1.65. The molecule has 1 heterocycles. The Morgan fingerprint density at radius 3 is 2.89 bits per heavy atom. The molecule has 1 aliphatic rings. The number of halogens is 3. The lowest BCUT2D eigenvalue weighted by atomic mass is 10.2. The van der Waals surface area contributed by atoms with Crippen molar-refractivity contribution in [3.8, 4) is 0 Å². The Labute approximate surface area is 111 Å². The highest BCUT2D eigenvalue weighted by Gasteiger charge is 2.23. The van der Waals surface area contributed by atoms with E-state index in [-0.39, 0.29) is 10.2 Å². The third kappa shape index (κ3) is 3.04. The zero-order chi connectivity index (χ0) is 13.1. The number of amides is 1. The number of morpholine rings is 1. The molecule has 0 bridgehead atoms. The van der Waals surface area contributed by atoms with Crippen molar-refractivity contribution in [2.45, 2.75) is 6.10 Å². The fourth-order valence-electron chi connectivity index (χ4n) is 1.57. The van der Waals surface area contributed by atoms with Gasteiger partial charge in [0.2, 0.25) is 0 Å². The first-order valence-electron chi connectivity index (χ1n) is 5.35. The first-order chi connectivity index (χ1) is 8.58. The van der Waals surface area contributed by atoms with Crippen molar-refractivity contribution in [2.75, 3.05) is 25.0 Å². The van der Waals surface area contributed by atoms with Gasteiger partial charge in [-0.25, -0.2) is 8.78 Å². The van der Waals surface area contributed by atoms with Crippen LogP contribution in [0.15, 0.2) is 16.6 Å². The lowest BCUT2D eigenvalue weighted by molar-refractivity contribution is -0.128.